The Morgan fingerprint density at radius 3 is 2.47 bits per heavy atom. The molecule has 2 N–H and O–H groups in total. The second kappa shape index (κ2) is 11.4. The smallest absolute Gasteiger partial charge is 0.258 e. The van der Waals surface area contributed by atoms with Gasteiger partial charge < -0.3 is 25.0 Å². The highest BCUT2D eigenvalue weighted by atomic mass is 16.5. The van der Waals surface area contributed by atoms with Gasteiger partial charge in [0.15, 0.2) is 6.61 Å². The lowest BCUT2D eigenvalue weighted by Crippen LogP contribution is -2.48. The van der Waals surface area contributed by atoms with Gasteiger partial charge in [0.2, 0.25) is 5.91 Å². The van der Waals surface area contributed by atoms with E-state index in [9.17, 15) is 14.7 Å². The topological polar surface area (TPSA) is 85.3 Å². The van der Waals surface area contributed by atoms with Crippen molar-refractivity contribution in [2.75, 3.05) is 57.3 Å². The van der Waals surface area contributed by atoms with E-state index >= 15 is 0 Å². The van der Waals surface area contributed by atoms with Gasteiger partial charge in [0, 0.05) is 59.3 Å². The van der Waals surface area contributed by atoms with Crippen LogP contribution in [0.15, 0.2) is 48.5 Å². The number of anilines is 1. The molecule has 2 aliphatic rings. The van der Waals surface area contributed by atoms with Gasteiger partial charge in [0.05, 0.1) is 11.8 Å². The summed E-state index contributed by atoms with van der Waals surface area (Å²) in [5.74, 6) is 0.467. The molecule has 34 heavy (non-hydrogen) atoms. The zero-order valence-electron chi connectivity index (χ0n) is 19.8. The molecule has 2 amide bonds. The summed E-state index contributed by atoms with van der Waals surface area (Å²) in [7, 11) is 0. The van der Waals surface area contributed by atoms with Gasteiger partial charge in [-0.25, -0.2) is 0 Å². The van der Waals surface area contributed by atoms with E-state index in [1.54, 1.807) is 6.92 Å². The van der Waals surface area contributed by atoms with E-state index in [4.69, 9.17) is 4.74 Å². The second-order valence-corrected chi connectivity index (χ2v) is 8.96. The zero-order chi connectivity index (χ0) is 23.9. The summed E-state index contributed by atoms with van der Waals surface area (Å²) in [6, 6.07) is 16.0. The number of ether oxygens (including phenoxy) is 1. The maximum Gasteiger partial charge on any atom is 0.258 e. The Balaban J connectivity index is 1.21. The van der Waals surface area contributed by atoms with Crippen molar-refractivity contribution in [2.24, 2.45) is 0 Å². The number of fused-ring (bicyclic) bond motifs is 1. The van der Waals surface area contributed by atoms with Crippen molar-refractivity contribution in [3.63, 3.8) is 0 Å². The third kappa shape index (κ3) is 6.27. The number of aliphatic hydroxyl groups excluding tert-OH is 1. The summed E-state index contributed by atoms with van der Waals surface area (Å²) in [5.41, 5.74) is 3.60. The molecule has 2 aromatic rings. The minimum absolute atomic E-state index is 0.0909. The van der Waals surface area contributed by atoms with Gasteiger partial charge in [-0.15, -0.1) is 0 Å². The number of β-amino-alcohol motifs (C(OH)–C–C–N with tert-alkyl or cyclic N) is 1. The SMILES string of the molecule is CC(=O)N1CCN(c2ccccc2OCC(=O)NCC(O)CN2CCc3ccccc3C2)CC1. The van der Waals surface area contributed by atoms with Crippen LogP contribution in [0.3, 0.4) is 0 Å². The maximum atomic E-state index is 12.4. The molecule has 0 aromatic heterocycles. The standard InChI is InChI=1S/C26H34N4O4/c1-20(31)29-12-14-30(15-13-29)24-8-4-5-9-25(24)34-19-26(33)27-16-23(32)18-28-11-10-21-6-2-3-7-22(21)17-28/h2-9,23,32H,10-19H2,1H3,(H,27,33). The Labute approximate surface area is 201 Å². The average Bonchev–Trinajstić information content (AvgIpc) is 2.86. The Morgan fingerprint density at radius 1 is 1.00 bits per heavy atom. The van der Waals surface area contributed by atoms with Gasteiger partial charge in [-0.2, -0.15) is 0 Å². The molecule has 2 heterocycles. The summed E-state index contributed by atoms with van der Waals surface area (Å²) in [6.45, 7) is 6.69. The highest BCUT2D eigenvalue weighted by molar-refractivity contribution is 5.78. The number of carbonyl (C=O) groups is 2. The monoisotopic (exact) mass is 466 g/mol. The summed E-state index contributed by atoms with van der Waals surface area (Å²) < 4.78 is 5.82. The first kappa shape index (κ1) is 24.0. The molecule has 8 nitrogen and oxygen atoms in total. The summed E-state index contributed by atoms with van der Waals surface area (Å²) in [5, 5.41) is 13.2. The largest absolute Gasteiger partial charge is 0.482 e. The number of nitrogens with one attached hydrogen (secondary N) is 1. The number of rotatable bonds is 8. The summed E-state index contributed by atoms with van der Waals surface area (Å²) >= 11 is 0. The summed E-state index contributed by atoms with van der Waals surface area (Å²) in [6.07, 6.45) is 0.339. The molecule has 8 heteroatoms. The van der Waals surface area contributed by atoms with Crippen molar-refractivity contribution >= 4 is 17.5 Å². The van der Waals surface area contributed by atoms with Crippen LogP contribution >= 0.6 is 0 Å². The quantitative estimate of drug-likeness (QED) is 0.610. The van der Waals surface area contributed by atoms with Crippen LogP contribution in [0.5, 0.6) is 5.75 Å². The van der Waals surface area contributed by atoms with Crippen LogP contribution in [0, 0.1) is 0 Å². The molecule has 2 aromatic carbocycles. The van der Waals surface area contributed by atoms with E-state index in [1.165, 1.54) is 11.1 Å². The van der Waals surface area contributed by atoms with Crippen molar-refractivity contribution in [1.29, 1.82) is 0 Å². The Hall–Kier alpha value is -3.10. The lowest BCUT2D eigenvalue weighted by atomic mass is 10.00. The lowest BCUT2D eigenvalue weighted by Gasteiger charge is -2.36. The molecule has 4 rings (SSSR count). The van der Waals surface area contributed by atoms with Crippen LogP contribution in [0.2, 0.25) is 0 Å². The number of para-hydroxylation sites is 2. The van der Waals surface area contributed by atoms with Gasteiger partial charge in [-0.3, -0.25) is 14.5 Å². The van der Waals surface area contributed by atoms with E-state index in [-0.39, 0.29) is 25.0 Å². The number of aliphatic hydroxyl groups is 1. The Bertz CT molecular complexity index is 990. The first-order chi connectivity index (χ1) is 16.5. The molecule has 182 valence electrons. The highest BCUT2D eigenvalue weighted by Crippen LogP contribution is 2.28. The van der Waals surface area contributed by atoms with Crippen molar-refractivity contribution in [1.82, 2.24) is 15.1 Å². The van der Waals surface area contributed by atoms with Gasteiger partial charge in [-0.05, 0) is 29.7 Å². The second-order valence-electron chi connectivity index (χ2n) is 8.96. The molecule has 0 bridgehead atoms. The van der Waals surface area contributed by atoms with E-state index < -0.39 is 6.10 Å². The zero-order valence-corrected chi connectivity index (χ0v) is 19.8. The van der Waals surface area contributed by atoms with Gasteiger partial charge in [0.25, 0.3) is 5.91 Å². The predicted octanol–water partition coefficient (Wildman–Crippen LogP) is 1.27. The molecule has 1 fully saturated rings. The van der Waals surface area contributed by atoms with Gasteiger partial charge in [0.1, 0.15) is 5.75 Å². The van der Waals surface area contributed by atoms with Crippen molar-refractivity contribution < 1.29 is 19.4 Å². The first-order valence-electron chi connectivity index (χ1n) is 12.0. The molecule has 0 saturated carbocycles. The Kier molecular flexibility index (Phi) is 8.03. The van der Waals surface area contributed by atoms with Crippen molar-refractivity contribution in [3.8, 4) is 5.75 Å². The molecular weight excluding hydrogens is 432 g/mol. The molecule has 0 spiro atoms. The van der Waals surface area contributed by atoms with Crippen LogP contribution in [0.4, 0.5) is 5.69 Å². The minimum atomic E-state index is -0.640. The van der Waals surface area contributed by atoms with Gasteiger partial charge >= 0.3 is 0 Å². The average molecular weight is 467 g/mol. The Morgan fingerprint density at radius 2 is 1.71 bits per heavy atom. The molecule has 0 aliphatic carbocycles. The van der Waals surface area contributed by atoms with Crippen LogP contribution < -0.4 is 15.0 Å². The van der Waals surface area contributed by atoms with Crippen molar-refractivity contribution in [3.05, 3.63) is 59.7 Å². The number of nitrogens with zero attached hydrogens (tertiary/aromatic N) is 3. The van der Waals surface area contributed by atoms with Gasteiger partial charge in [-0.1, -0.05) is 36.4 Å². The molecule has 2 aliphatic heterocycles. The molecule has 1 unspecified atom stereocenters. The fourth-order valence-electron chi connectivity index (χ4n) is 4.60. The third-order valence-corrected chi connectivity index (χ3v) is 6.50. The van der Waals surface area contributed by atoms with Crippen molar-refractivity contribution in [2.45, 2.75) is 26.0 Å². The number of amides is 2. The summed E-state index contributed by atoms with van der Waals surface area (Å²) in [4.78, 5) is 30.2. The number of carbonyl (C=O) groups excluding carboxylic acids is 2. The number of hydrogen-bond donors (Lipinski definition) is 2. The molecule has 1 saturated heterocycles. The lowest BCUT2D eigenvalue weighted by molar-refractivity contribution is -0.129. The normalized spacial score (nSPS) is 17.1. The molecular formula is C26H34N4O4. The van der Waals surface area contributed by atoms with E-state index in [1.807, 2.05) is 35.2 Å². The molecule has 1 atom stereocenters. The predicted molar refractivity (Wildman–Crippen MR) is 131 cm³/mol. The van der Waals surface area contributed by atoms with E-state index in [2.05, 4.69) is 33.3 Å². The molecule has 0 radical (unpaired) electrons. The maximum absolute atomic E-state index is 12.4. The van der Waals surface area contributed by atoms with E-state index in [0.29, 0.717) is 25.4 Å². The number of hydrogen-bond acceptors (Lipinski definition) is 6. The van der Waals surface area contributed by atoms with Crippen LogP contribution in [0.1, 0.15) is 18.1 Å². The third-order valence-electron chi connectivity index (χ3n) is 6.50. The number of piperazine rings is 1. The van der Waals surface area contributed by atoms with Crippen LogP contribution in [-0.4, -0.2) is 85.2 Å². The van der Waals surface area contributed by atoms with Crippen LogP contribution in [0.25, 0.3) is 0 Å². The van der Waals surface area contributed by atoms with E-state index in [0.717, 1.165) is 38.3 Å². The van der Waals surface area contributed by atoms with Crippen LogP contribution in [-0.2, 0) is 22.6 Å². The fourth-order valence-corrected chi connectivity index (χ4v) is 4.60. The minimum Gasteiger partial charge on any atom is -0.482 e. The highest BCUT2D eigenvalue weighted by Gasteiger charge is 2.22. The number of benzene rings is 2. The fraction of sp³-hybridized carbons (Fsp3) is 0.462. The first-order valence-corrected chi connectivity index (χ1v) is 12.0.